The van der Waals surface area contributed by atoms with Crippen LogP contribution in [0.5, 0.6) is 0 Å². The number of amides is 1. The summed E-state index contributed by atoms with van der Waals surface area (Å²) in [6, 6.07) is 14.5. The molecule has 6 nitrogen and oxygen atoms in total. The molecule has 1 N–H and O–H groups in total. The van der Waals surface area contributed by atoms with Crippen molar-refractivity contribution in [3.05, 3.63) is 94.8 Å². The van der Waals surface area contributed by atoms with Crippen LogP contribution in [0.3, 0.4) is 0 Å². The van der Waals surface area contributed by atoms with Crippen LogP contribution in [0.15, 0.2) is 82.8 Å². The molecule has 0 unspecified atom stereocenters. The number of carbonyl (C=O) groups is 1. The van der Waals surface area contributed by atoms with Crippen molar-refractivity contribution in [1.82, 2.24) is 5.43 Å². The molecule has 3 aromatic carbocycles. The van der Waals surface area contributed by atoms with E-state index in [1.54, 1.807) is 6.07 Å². The molecule has 0 aliphatic rings. The maximum atomic E-state index is 13.7. The van der Waals surface area contributed by atoms with Crippen LogP contribution in [-0.2, 0) is 21.0 Å². The molecular weight excluding hydrogens is 498 g/mol. The van der Waals surface area contributed by atoms with Crippen LogP contribution in [0, 0.1) is 5.82 Å². The number of anilines is 1. The predicted molar refractivity (Wildman–Crippen MR) is 120 cm³/mol. The van der Waals surface area contributed by atoms with Crippen molar-refractivity contribution in [2.75, 3.05) is 10.8 Å². The zero-order valence-electron chi connectivity index (χ0n) is 17.1. The third kappa shape index (κ3) is 5.91. The minimum Gasteiger partial charge on any atom is -0.271 e. The number of sulfonamides is 1. The van der Waals surface area contributed by atoms with Crippen LogP contribution in [0.25, 0.3) is 0 Å². The highest BCUT2D eigenvalue weighted by molar-refractivity contribution is 7.92. The van der Waals surface area contributed by atoms with E-state index in [1.165, 1.54) is 48.5 Å². The van der Waals surface area contributed by atoms with Gasteiger partial charge < -0.3 is 0 Å². The number of nitrogens with one attached hydrogen (secondary N) is 1. The van der Waals surface area contributed by atoms with Crippen LogP contribution in [0.1, 0.15) is 11.1 Å². The molecule has 0 saturated carbocycles. The zero-order valence-corrected chi connectivity index (χ0v) is 18.7. The maximum Gasteiger partial charge on any atom is 0.416 e. The fourth-order valence-corrected chi connectivity index (χ4v) is 4.54. The molecule has 3 aromatic rings. The Kier molecular flexibility index (Phi) is 7.57. The summed E-state index contributed by atoms with van der Waals surface area (Å²) in [5.74, 6) is -1.61. The zero-order chi connectivity index (χ0) is 24.9. The number of nitrogens with zero attached hydrogens (tertiary/aromatic N) is 2. The Labute approximate surface area is 197 Å². The van der Waals surface area contributed by atoms with Crippen LogP contribution in [0.4, 0.5) is 23.2 Å². The van der Waals surface area contributed by atoms with Crippen molar-refractivity contribution in [3.8, 4) is 0 Å². The van der Waals surface area contributed by atoms with Gasteiger partial charge in [-0.25, -0.2) is 18.2 Å². The smallest absolute Gasteiger partial charge is 0.271 e. The van der Waals surface area contributed by atoms with Crippen LogP contribution < -0.4 is 9.73 Å². The summed E-state index contributed by atoms with van der Waals surface area (Å²) in [5, 5.41) is 3.26. The second kappa shape index (κ2) is 10.2. The highest BCUT2D eigenvalue weighted by Gasteiger charge is 2.34. The van der Waals surface area contributed by atoms with E-state index in [0.29, 0.717) is 16.4 Å². The monoisotopic (exact) mass is 513 g/mol. The van der Waals surface area contributed by atoms with E-state index in [-0.39, 0.29) is 15.5 Å². The molecule has 178 valence electrons. The lowest BCUT2D eigenvalue weighted by Gasteiger charge is -2.25. The fraction of sp³-hybridized carbons (Fsp3) is 0.0909. The standard InChI is InChI=1S/C22H16ClF4N3O3S/c23-18-11-10-16(22(25,26)27)12-20(18)30(34(32,33)17-7-2-1-3-8-17)14-21(31)29-28-13-15-6-4-5-9-19(15)24/h1-13H,14H2,(H,29,31)/b28-13+. The van der Waals surface area contributed by atoms with E-state index in [9.17, 15) is 30.8 Å². The van der Waals surface area contributed by atoms with Gasteiger partial charge in [-0.2, -0.15) is 18.3 Å². The molecular formula is C22H16ClF4N3O3S. The Hall–Kier alpha value is -3.44. The minimum absolute atomic E-state index is 0.0532. The number of alkyl halides is 3. The van der Waals surface area contributed by atoms with Crippen molar-refractivity contribution in [2.24, 2.45) is 5.10 Å². The second-order valence-electron chi connectivity index (χ2n) is 6.80. The first kappa shape index (κ1) is 25.2. The Balaban J connectivity index is 1.97. The molecule has 3 rings (SSSR count). The Morgan fingerprint density at radius 3 is 2.32 bits per heavy atom. The van der Waals surface area contributed by atoms with Gasteiger partial charge in [-0.3, -0.25) is 9.10 Å². The van der Waals surface area contributed by atoms with E-state index >= 15 is 0 Å². The molecule has 0 radical (unpaired) electrons. The lowest BCUT2D eigenvalue weighted by molar-refractivity contribution is -0.137. The minimum atomic E-state index is -4.78. The summed E-state index contributed by atoms with van der Waals surface area (Å²) in [6.45, 7) is -0.952. The van der Waals surface area contributed by atoms with E-state index in [0.717, 1.165) is 12.3 Å². The van der Waals surface area contributed by atoms with Gasteiger partial charge in [-0.15, -0.1) is 0 Å². The summed E-state index contributed by atoms with van der Waals surface area (Å²) in [5.41, 5.74) is 0.390. The largest absolute Gasteiger partial charge is 0.416 e. The molecule has 0 heterocycles. The van der Waals surface area contributed by atoms with E-state index in [4.69, 9.17) is 11.6 Å². The first-order valence-corrected chi connectivity index (χ1v) is 11.3. The van der Waals surface area contributed by atoms with E-state index in [2.05, 4.69) is 5.10 Å². The number of carbonyl (C=O) groups excluding carboxylic acids is 1. The lowest BCUT2D eigenvalue weighted by atomic mass is 10.2. The highest BCUT2D eigenvalue weighted by Crippen LogP contribution is 2.37. The maximum absolute atomic E-state index is 13.7. The summed E-state index contributed by atoms with van der Waals surface area (Å²) >= 11 is 6.04. The van der Waals surface area contributed by atoms with Gasteiger partial charge in [0, 0.05) is 5.56 Å². The predicted octanol–water partition coefficient (Wildman–Crippen LogP) is 4.84. The van der Waals surface area contributed by atoms with Crippen molar-refractivity contribution in [3.63, 3.8) is 0 Å². The molecule has 0 saturated heterocycles. The quantitative estimate of drug-likeness (QED) is 0.279. The Bertz CT molecular complexity index is 1320. The normalized spacial score (nSPS) is 12.0. The average Bonchev–Trinajstić information content (AvgIpc) is 2.79. The van der Waals surface area contributed by atoms with Gasteiger partial charge in [0.05, 0.1) is 27.4 Å². The lowest BCUT2D eigenvalue weighted by Crippen LogP contribution is -2.40. The highest BCUT2D eigenvalue weighted by atomic mass is 35.5. The molecule has 12 heteroatoms. The molecule has 0 aromatic heterocycles. The van der Waals surface area contributed by atoms with Crippen molar-refractivity contribution in [1.29, 1.82) is 0 Å². The average molecular weight is 514 g/mol. The van der Waals surface area contributed by atoms with Crippen molar-refractivity contribution in [2.45, 2.75) is 11.1 Å². The van der Waals surface area contributed by atoms with Crippen LogP contribution >= 0.6 is 11.6 Å². The Morgan fingerprint density at radius 2 is 1.68 bits per heavy atom. The molecule has 0 bridgehead atoms. The first-order chi connectivity index (χ1) is 16.0. The summed E-state index contributed by atoms with van der Waals surface area (Å²) < 4.78 is 80.4. The summed E-state index contributed by atoms with van der Waals surface area (Å²) in [7, 11) is -4.51. The van der Waals surface area contributed by atoms with Crippen molar-refractivity contribution < 1.29 is 30.8 Å². The fourth-order valence-electron chi connectivity index (χ4n) is 2.82. The van der Waals surface area contributed by atoms with Gasteiger partial charge >= 0.3 is 6.18 Å². The first-order valence-electron chi connectivity index (χ1n) is 9.51. The van der Waals surface area contributed by atoms with Gasteiger partial charge in [0.1, 0.15) is 12.4 Å². The molecule has 0 spiro atoms. The Morgan fingerprint density at radius 1 is 1.03 bits per heavy atom. The number of rotatable bonds is 7. The molecule has 0 aliphatic carbocycles. The molecule has 0 aliphatic heterocycles. The summed E-state index contributed by atoms with van der Waals surface area (Å²) in [4.78, 5) is 12.2. The molecule has 0 fully saturated rings. The second-order valence-corrected chi connectivity index (χ2v) is 9.07. The SMILES string of the molecule is O=C(CN(c1cc(C(F)(F)F)ccc1Cl)S(=O)(=O)c1ccccc1)N/N=C/c1ccccc1F. The summed E-state index contributed by atoms with van der Waals surface area (Å²) in [6.07, 6.45) is -3.78. The van der Waals surface area contributed by atoms with E-state index < -0.39 is 45.7 Å². The molecule has 1 amide bonds. The topological polar surface area (TPSA) is 78.8 Å². The van der Waals surface area contributed by atoms with Crippen molar-refractivity contribution >= 4 is 39.4 Å². The van der Waals surface area contributed by atoms with Gasteiger partial charge in [0.15, 0.2) is 0 Å². The van der Waals surface area contributed by atoms with Gasteiger partial charge in [-0.05, 0) is 36.4 Å². The third-order valence-corrected chi connectivity index (χ3v) is 6.55. The number of benzene rings is 3. The van der Waals surface area contributed by atoms with Gasteiger partial charge in [-0.1, -0.05) is 48.0 Å². The van der Waals surface area contributed by atoms with Gasteiger partial charge in [0.25, 0.3) is 15.9 Å². The van der Waals surface area contributed by atoms with Gasteiger partial charge in [0.2, 0.25) is 0 Å². The van der Waals surface area contributed by atoms with E-state index in [1.807, 2.05) is 5.43 Å². The molecule has 0 atom stereocenters. The molecule has 34 heavy (non-hydrogen) atoms. The number of halogens is 5. The third-order valence-electron chi connectivity index (χ3n) is 4.46. The van der Waals surface area contributed by atoms with Crippen LogP contribution in [-0.4, -0.2) is 27.1 Å². The van der Waals surface area contributed by atoms with Crippen LogP contribution in [0.2, 0.25) is 5.02 Å². The number of hydrazone groups is 1. The number of hydrogen-bond donors (Lipinski definition) is 1. The number of hydrogen-bond acceptors (Lipinski definition) is 4.